The molecule has 0 saturated carbocycles. The second-order valence-electron chi connectivity index (χ2n) is 7.03. The second-order valence-corrected chi connectivity index (χ2v) is 7.03. The number of nitrogens with two attached hydrogens (primary N) is 1. The summed E-state index contributed by atoms with van der Waals surface area (Å²) in [4.78, 5) is 24.7. The van der Waals surface area contributed by atoms with Crippen molar-refractivity contribution in [2.24, 2.45) is 7.05 Å². The van der Waals surface area contributed by atoms with Gasteiger partial charge in [-0.15, -0.1) is 0 Å². The molecule has 0 aliphatic rings. The number of anilines is 2. The van der Waals surface area contributed by atoms with Crippen molar-refractivity contribution >= 4 is 17.5 Å². The fraction of sp³-hybridized carbons (Fsp3) is 0.278. The Balaban J connectivity index is 1.83. The molecule has 8 nitrogen and oxygen atoms in total. The monoisotopic (exact) mass is 351 g/mol. The summed E-state index contributed by atoms with van der Waals surface area (Å²) in [5.41, 5.74) is 8.83. The molecule has 1 amide bonds. The summed E-state index contributed by atoms with van der Waals surface area (Å²) in [6.45, 7) is 6.16. The van der Waals surface area contributed by atoms with Gasteiger partial charge in [0.2, 0.25) is 5.95 Å². The molecule has 8 heteroatoms. The van der Waals surface area contributed by atoms with Crippen LogP contribution < -0.4 is 11.1 Å². The number of carbonyl (C=O) groups is 1. The van der Waals surface area contributed by atoms with E-state index < -0.39 is 0 Å². The van der Waals surface area contributed by atoms with Crippen LogP contribution in [0.3, 0.4) is 0 Å². The van der Waals surface area contributed by atoms with Crippen molar-refractivity contribution in [1.82, 2.24) is 24.7 Å². The molecule has 0 saturated heterocycles. The lowest BCUT2D eigenvalue weighted by Gasteiger charge is -2.13. The molecule has 0 aliphatic carbocycles. The lowest BCUT2D eigenvalue weighted by Crippen LogP contribution is -2.16. The second kappa shape index (κ2) is 6.55. The summed E-state index contributed by atoms with van der Waals surface area (Å²) in [7, 11) is 1.75. The van der Waals surface area contributed by atoms with E-state index in [2.05, 4.69) is 46.1 Å². The minimum Gasteiger partial charge on any atom is -0.368 e. The lowest BCUT2D eigenvalue weighted by atomic mass is 9.92. The van der Waals surface area contributed by atoms with Gasteiger partial charge in [-0.1, -0.05) is 20.8 Å². The van der Waals surface area contributed by atoms with E-state index in [1.165, 1.54) is 0 Å². The summed E-state index contributed by atoms with van der Waals surface area (Å²) >= 11 is 0. The summed E-state index contributed by atoms with van der Waals surface area (Å²) in [5, 5.41) is 7.29. The van der Waals surface area contributed by atoms with Gasteiger partial charge in [0.05, 0.1) is 17.6 Å². The number of aryl methyl sites for hydroxylation is 1. The number of carbonyl (C=O) groups excluding carboxylic acids is 1. The Morgan fingerprint density at radius 3 is 2.38 bits per heavy atom. The molecule has 3 N–H and O–H groups in total. The molecule has 0 fully saturated rings. The molecular weight excluding hydrogens is 330 g/mol. The highest BCUT2D eigenvalue weighted by Gasteiger charge is 2.21. The Hall–Kier alpha value is -3.29. The van der Waals surface area contributed by atoms with Crippen molar-refractivity contribution in [3.8, 4) is 11.1 Å². The smallest absolute Gasteiger partial charge is 0.273 e. The zero-order valence-corrected chi connectivity index (χ0v) is 15.2. The molecular formula is C18H21N7O. The molecule has 0 bridgehead atoms. The van der Waals surface area contributed by atoms with E-state index in [4.69, 9.17) is 5.73 Å². The van der Waals surface area contributed by atoms with Gasteiger partial charge in [0.1, 0.15) is 5.69 Å². The van der Waals surface area contributed by atoms with Crippen LogP contribution >= 0.6 is 0 Å². The molecule has 134 valence electrons. The van der Waals surface area contributed by atoms with Crippen molar-refractivity contribution in [3.63, 3.8) is 0 Å². The van der Waals surface area contributed by atoms with Crippen molar-refractivity contribution in [2.75, 3.05) is 11.1 Å². The van der Waals surface area contributed by atoms with Crippen LogP contribution in [0.15, 0.2) is 36.9 Å². The maximum absolute atomic E-state index is 12.6. The topological polar surface area (TPSA) is 112 Å². The van der Waals surface area contributed by atoms with Gasteiger partial charge in [-0.25, -0.2) is 9.97 Å². The van der Waals surface area contributed by atoms with Gasteiger partial charge < -0.3 is 11.1 Å². The normalized spacial score (nSPS) is 11.4. The van der Waals surface area contributed by atoms with E-state index in [0.717, 1.165) is 16.8 Å². The molecule has 0 spiro atoms. The first kappa shape index (κ1) is 17.5. The van der Waals surface area contributed by atoms with E-state index in [0.29, 0.717) is 11.4 Å². The predicted octanol–water partition coefficient (Wildman–Crippen LogP) is 2.40. The third-order valence-corrected chi connectivity index (χ3v) is 3.88. The van der Waals surface area contributed by atoms with Crippen molar-refractivity contribution in [1.29, 1.82) is 0 Å². The largest absolute Gasteiger partial charge is 0.368 e. The quantitative estimate of drug-likeness (QED) is 0.749. The van der Waals surface area contributed by atoms with Crippen molar-refractivity contribution in [3.05, 3.63) is 48.3 Å². The molecule has 26 heavy (non-hydrogen) atoms. The number of nitrogens with zero attached hydrogens (tertiary/aromatic N) is 5. The maximum Gasteiger partial charge on any atom is 0.273 e. The Bertz CT molecular complexity index is 939. The van der Waals surface area contributed by atoms with Gasteiger partial charge in [-0.3, -0.25) is 14.5 Å². The number of hydrogen-bond donors (Lipinski definition) is 2. The number of nitrogen functional groups attached to an aromatic ring is 1. The Labute approximate surface area is 151 Å². The highest BCUT2D eigenvalue weighted by molar-refractivity contribution is 6.03. The average Bonchev–Trinajstić information content (AvgIpc) is 2.98. The molecule has 3 aromatic heterocycles. The van der Waals surface area contributed by atoms with E-state index in [1.807, 2.05) is 0 Å². The molecule has 0 radical (unpaired) electrons. The first-order chi connectivity index (χ1) is 12.2. The molecule has 3 heterocycles. The van der Waals surface area contributed by atoms with E-state index in [1.54, 1.807) is 48.6 Å². The summed E-state index contributed by atoms with van der Waals surface area (Å²) in [6, 6.07) is 3.61. The molecule has 3 aromatic rings. The molecule has 0 atom stereocenters. The minimum absolute atomic E-state index is 0.132. The van der Waals surface area contributed by atoms with Crippen LogP contribution in [0.1, 0.15) is 37.0 Å². The number of nitrogens with one attached hydrogen (secondary N) is 1. The predicted molar refractivity (Wildman–Crippen MR) is 99.5 cm³/mol. The zero-order valence-electron chi connectivity index (χ0n) is 15.2. The number of aromatic nitrogens is 5. The van der Waals surface area contributed by atoms with Crippen LogP contribution in [0, 0.1) is 0 Å². The number of rotatable bonds is 3. The molecule has 0 aliphatic heterocycles. The van der Waals surface area contributed by atoms with Crippen LogP contribution in [0.25, 0.3) is 11.1 Å². The van der Waals surface area contributed by atoms with E-state index >= 15 is 0 Å². The highest BCUT2D eigenvalue weighted by Crippen LogP contribution is 2.23. The number of amides is 1. The minimum atomic E-state index is -0.247. The maximum atomic E-state index is 12.6. The lowest BCUT2D eigenvalue weighted by molar-refractivity contribution is 0.101. The van der Waals surface area contributed by atoms with Gasteiger partial charge in [0.15, 0.2) is 0 Å². The van der Waals surface area contributed by atoms with Crippen LogP contribution in [0.2, 0.25) is 0 Å². The number of hydrogen-bond acceptors (Lipinski definition) is 6. The summed E-state index contributed by atoms with van der Waals surface area (Å²) < 4.78 is 1.58. The summed E-state index contributed by atoms with van der Waals surface area (Å²) in [6.07, 6.45) is 6.48. The molecule has 3 rings (SSSR count). The number of pyridine rings is 1. The fourth-order valence-corrected chi connectivity index (χ4v) is 2.39. The molecule has 0 unspecified atom stereocenters. The fourth-order valence-electron chi connectivity index (χ4n) is 2.39. The highest BCUT2D eigenvalue weighted by atomic mass is 16.2. The van der Waals surface area contributed by atoms with Gasteiger partial charge in [-0.05, 0) is 12.1 Å². The van der Waals surface area contributed by atoms with E-state index in [9.17, 15) is 4.79 Å². The third-order valence-electron chi connectivity index (χ3n) is 3.88. The van der Waals surface area contributed by atoms with Crippen LogP contribution in [-0.4, -0.2) is 30.6 Å². The Morgan fingerprint density at radius 1 is 1.08 bits per heavy atom. The first-order valence-electron chi connectivity index (χ1n) is 8.13. The third kappa shape index (κ3) is 3.69. The summed E-state index contributed by atoms with van der Waals surface area (Å²) in [5.74, 6) is -0.0416. The van der Waals surface area contributed by atoms with E-state index in [-0.39, 0.29) is 17.3 Å². The van der Waals surface area contributed by atoms with Crippen molar-refractivity contribution < 1.29 is 4.79 Å². The Morgan fingerprint density at radius 2 is 1.77 bits per heavy atom. The van der Waals surface area contributed by atoms with Crippen LogP contribution in [0.4, 0.5) is 11.6 Å². The average molecular weight is 351 g/mol. The van der Waals surface area contributed by atoms with Gasteiger partial charge >= 0.3 is 0 Å². The van der Waals surface area contributed by atoms with Crippen LogP contribution in [-0.2, 0) is 12.5 Å². The first-order valence-corrected chi connectivity index (χ1v) is 8.13. The standard InChI is InChI=1S/C18H21N7O/c1-18(2,3)15-6-14(25(4)24-15)16(26)23-13-5-11(7-20-10-13)12-8-21-17(19)22-9-12/h5-10H,1-4H3,(H,23,26)(H2,19,21,22). The zero-order chi connectivity index (χ0) is 18.9. The van der Waals surface area contributed by atoms with Crippen LogP contribution in [0.5, 0.6) is 0 Å². The van der Waals surface area contributed by atoms with Gasteiger partial charge in [0, 0.05) is 42.2 Å². The van der Waals surface area contributed by atoms with Gasteiger partial charge in [0.25, 0.3) is 5.91 Å². The van der Waals surface area contributed by atoms with Gasteiger partial charge in [-0.2, -0.15) is 5.10 Å². The SMILES string of the molecule is Cn1nc(C(C)(C)C)cc1C(=O)Nc1cncc(-c2cnc(N)nc2)c1. The molecule has 0 aromatic carbocycles. The Kier molecular flexibility index (Phi) is 4.41. The van der Waals surface area contributed by atoms with Crippen molar-refractivity contribution in [2.45, 2.75) is 26.2 Å².